The van der Waals surface area contributed by atoms with E-state index < -0.39 is 5.60 Å². The number of fused-ring (bicyclic) bond motifs is 1. The van der Waals surface area contributed by atoms with Crippen LogP contribution in [0.3, 0.4) is 0 Å². The summed E-state index contributed by atoms with van der Waals surface area (Å²) in [4.78, 5) is 12.5. The second-order valence-electron chi connectivity index (χ2n) is 7.99. The lowest BCUT2D eigenvalue weighted by molar-refractivity contribution is 0.0195. The van der Waals surface area contributed by atoms with Crippen LogP contribution in [0.1, 0.15) is 32.6 Å². The van der Waals surface area contributed by atoms with Crippen LogP contribution in [0.5, 0.6) is 5.88 Å². The molecule has 1 saturated carbocycles. The van der Waals surface area contributed by atoms with Gasteiger partial charge in [-0.15, -0.1) is 0 Å². The fraction of sp³-hybridized carbons (Fsp3) is 0.429. The van der Waals surface area contributed by atoms with Gasteiger partial charge in [-0.1, -0.05) is 6.07 Å². The highest BCUT2D eigenvalue weighted by Crippen LogP contribution is 2.38. The van der Waals surface area contributed by atoms with Gasteiger partial charge < -0.3 is 25.5 Å². The molecular formula is C21H27N7O2. The molecule has 0 spiro atoms. The minimum atomic E-state index is -0.579. The van der Waals surface area contributed by atoms with Crippen molar-refractivity contribution in [2.45, 2.75) is 44.2 Å². The van der Waals surface area contributed by atoms with Crippen molar-refractivity contribution < 1.29 is 9.84 Å². The van der Waals surface area contributed by atoms with Crippen LogP contribution in [0.25, 0.3) is 22.2 Å². The molecule has 9 heteroatoms. The molecule has 0 unspecified atom stereocenters. The molecule has 5 N–H and O–H groups in total. The topological polar surface area (TPSA) is 131 Å². The number of aromatic nitrogens is 3. The van der Waals surface area contributed by atoms with E-state index in [1.165, 1.54) is 0 Å². The van der Waals surface area contributed by atoms with E-state index in [1.807, 2.05) is 25.3 Å². The van der Waals surface area contributed by atoms with Gasteiger partial charge in [-0.05, 0) is 50.3 Å². The maximum absolute atomic E-state index is 10.2. The van der Waals surface area contributed by atoms with E-state index in [2.05, 4.69) is 30.7 Å². The number of ether oxygens (including phenoxy) is 1. The number of nitrogens with one attached hydrogen (secondary N) is 4. The summed E-state index contributed by atoms with van der Waals surface area (Å²) in [7, 11) is 3.40. The molecule has 4 rings (SSSR count). The molecule has 158 valence electrons. The zero-order valence-electron chi connectivity index (χ0n) is 17.4. The second-order valence-corrected chi connectivity index (χ2v) is 7.99. The highest BCUT2D eigenvalue weighted by molar-refractivity contribution is 5.98. The standard InChI is InChI=1S/C21H27N7O2/c1-21(29)8-6-13(7-9-21)25-20-26-18-17(19(27-20)30-3)14(11-24-18)12-4-5-15(28-22)16(10-12)23-2/h4-5,10-11,13,22-23,29H,6-9H2,1-3H3,(H2,24,25,26,27). The van der Waals surface area contributed by atoms with Crippen LogP contribution in [-0.4, -0.2) is 45.9 Å². The van der Waals surface area contributed by atoms with Crippen LogP contribution in [0, 0.1) is 5.53 Å². The Morgan fingerprint density at radius 3 is 2.73 bits per heavy atom. The summed E-state index contributed by atoms with van der Waals surface area (Å²) in [6.45, 7) is 1.89. The van der Waals surface area contributed by atoms with Gasteiger partial charge in [0.05, 0.1) is 23.8 Å². The molecule has 1 aliphatic rings. The van der Waals surface area contributed by atoms with Gasteiger partial charge in [0.1, 0.15) is 11.3 Å². The predicted octanol–water partition coefficient (Wildman–Crippen LogP) is 4.44. The van der Waals surface area contributed by atoms with Crippen molar-refractivity contribution in [3.63, 3.8) is 0 Å². The van der Waals surface area contributed by atoms with E-state index in [4.69, 9.17) is 10.3 Å². The van der Waals surface area contributed by atoms with Gasteiger partial charge in [0.25, 0.3) is 0 Å². The van der Waals surface area contributed by atoms with E-state index in [9.17, 15) is 5.11 Å². The van der Waals surface area contributed by atoms with E-state index >= 15 is 0 Å². The molecule has 0 atom stereocenters. The molecule has 0 aliphatic heterocycles. The average molecular weight is 409 g/mol. The number of H-pyrrole nitrogens is 1. The van der Waals surface area contributed by atoms with Crippen molar-refractivity contribution >= 4 is 28.4 Å². The number of anilines is 2. The lowest BCUT2D eigenvalue weighted by Gasteiger charge is -2.33. The summed E-state index contributed by atoms with van der Waals surface area (Å²) in [6, 6.07) is 5.88. The Hall–Kier alpha value is -3.20. The number of benzene rings is 1. The number of aromatic amines is 1. The highest BCUT2D eigenvalue weighted by Gasteiger charge is 2.29. The van der Waals surface area contributed by atoms with E-state index in [0.717, 1.165) is 47.9 Å². The first kappa shape index (κ1) is 20.1. The Morgan fingerprint density at radius 2 is 2.07 bits per heavy atom. The molecule has 3 aromatic rings. The quantitative estimate of drug-likeness (QED) is 0.382. The Morgan fingerprint density at radius 1 is 1.30 bits per heavy atom. The van der Waals surface area contributed by atoms with Gasteiger partial charge in [-0.2, -0.15) is 15.1 Å². The van der Waals surface area contributed by atoms with Crippen LogP contribution in [-0.2, 0) is 0 Å². The number of aliphatic hydroxyl groups is 1. The van der Waals surface area contributed by atoms with Gasteiger partial charge in [0, 0.05) is 24.8 Å². The van der Waals surface area contributed by atoms with E-state index in [1.54, 1.807) is 20.2 Å². The van der Waals surface area contributed by atoms with Crippen molar-refractivity contribution in [2.24, 2.45) is 5.11 Å². The molecule has 30 heavy (non-hydrogen) atoms. The summed E-state index contributed by atoms with van der Waals surface area (Å²) in [5.74, 6) is 1.00. The maximum Gasteiger partial charge on any atom is 0.228 e. The molecule has 2 aromatic heterocycles. The first-order chi connectivity index (χ1) is 14.4. The fourth-order valence-electron chi connectivity index (χ4n) is 4.01. The Bertz CT molecular complexity index is 1070. The van der Waals surface area contributed by atoms with Crippen LogP contribution in [0.4, 0.5) is 17.3 Å². The first-order valence-corrected chi connectivity index (χ1v) is 10.1. The molecule has 1 aromatic carbocycles. The van der Waals surface area contributed by atoms with Crippen LogP contribution < -0.4 is 15.4 Å². The van der Waals surface area contributed by atoms with Gasteiger partial charge in [-0.3, -0.25) is 0 Å². The number of hydrogen-bond donors (Lipinski definition) is 5. The molecular weight excluding hydrogens is 382 g/mol. The molecule has 9 nitrogen and oxygen atoms in total. The largest absolute Gasteiger partial charge is 0.480 e. The van der Waals surface area contributed by atoms with Crippen molar-refractivity contribution in [3.05, 3.63) is 24.4 Å². The number of methoxy groups -OCH3 is 1. The molecule has 1 fully saturated rings. The highest BCUT2D eigenvalue weighted by atomic mass is 16.5. The third-order valence-electron chi connectivity index (χ3n) is 5.79. The van der Waals surface area contributed by atoms with Crippen molar-refractivity contribution in [1.82, 2.24) is 15.0 Å². The summed E-state index contributed by atoms with van der Waals surface area (Å²) in [6.07, 6.45) is 5.13. The molecule has 0 amide bonds. The lowest BCUT2D eigenvalue weighted by Crippen LogP contribution is -2.36. The Balaban J connectivity index is 1.67. The van der Waals surface area contributed by atoms with Crippen LogP contribution in [0.2, 0.25) is 0 Å². The van der Waals surface area contributed by atoms with E-state index in [0.29, 0.717) is 23.2 Å². The van der Waals surface area contributed by atoms with Gasteiger partial charge in [0.2, 0.25) is 11.8 Å². The predicted molar refractivity (Wildman–Crippen MR) is 117 cm³/mol. The summed E-state index contributed by atoms with van der Waals surface area (Å²) in [5, 5.41) is 21.0. The van der Waals surface area contributed by atoms with Crippen molar-refractivity contribution in [1.29, 1.82) is 5.53 Å². The monoisotopic (exact) mass is 409 g/mol. The Kier molecular flexibility index (Phi) is 5.29. The van der Waals surface area contributed by atoms with E-state index in [-0.39, 0.29) is 6.04 Å². The summed E-state index contributed by atoms with van der Waals surface area (Å²) >= 11 is 0. The third-order valence-corrected chi connectivity index (χ3v) is 5.79. The van der Waals surface area contributed by atoms with Gasteiger partial charge >= 0.3 is 0 Å². The number of rotatable bonds is 6. The average Bonchev–Trinajstić information content (AvgIpc) is 3.18. The Labute approximate surface area is 174 Å². The van der Waals surface area contributed by atoms with Crippen LogP contribution >= 0.6 is 0 Å². The normalized spacial score (nSPS) is 21.4. The second kappa shape index (κ2) is 7.91. The van der Waals surface area contributed by atoms with Crippen molar-refractivity contribution in [3.8, 4) is 17.0 Å². The summed E-state index contributed by atoms with van der Waals surface area (Å²) in [5.41, 5.74) is 10.6. The number of nitrogens with zero attached hydrogens (tertiary/aromatic N) is 3. The zero-order valence-corrected chi connectivity index (χ0v) is 17.4. The molecule has 2 heterocycles. The molecule has 1 aliphatic carbocycles. The molecule has 0 bridgehead atoms. The SMILES string of the molecule is CNc1cc(-c2c[nH]c3nc(NC4CCC(C)(O)CC4)nc(OC)c23)ccc1N=N. The molecule has 0 radical (unpaired) electrons. The van der Waals surface area contributed by atoms with Gasteiger partial charge in [-0.25, -0.2) is 5.53 Å². The van der Waals surface area contributed by atoms with Crippen molar-refractivity contribution in [2.75, 3.05) is 24.8 Å². The number of hydrogen-bond acceptors (Lipinski definition) is 8. The molecule has 0 saturated heterocycles. The third kappa shape index (κ3) is 3.80. The van der Waals surface area contributed by atoms with Gasteiger partial charge in [0.15, 0.2) is 0 Å². The minimum Gasteiger partial charge on any atom is -0.480 e. The smallest absolute Gasteiger partial charge is 0.228 e. The maximum atomic E-state index is 10.2. The lowest BCUT2D eigenvalue weighted by atomic mass is 9.84. The minimum absolute atomic E-state index is 0.223. The first-order valence-electron chi connectivity index (χ1n) is 10.1. The fourth-order valence-corrected chi connectivity index (χ4v) is 4.01. The summed E-state index contributed by atoms with van der Waals surface area (Å²) < 4.78 is 5.60. The van der Waals surface area contributed by atoms with Crippen LogP contribution in [0.15, 0.2) is 29.5 Å². The zero-order chi connectivity index (χ0) is 21.3.